The molecule has 0 atom stereocenters. The van der Waals surface area contributed by atoms with E-state index in [1.807, 2.05) is 0 Å². The van der Waals surface area contributed by atoms with Crippen molar-refractivity contribution in [3.8, 4) is 0 Å². The van der Waals surface area contributed by atoms with E-state index in [1.54, 1.807) is 0 Å². The summed E-state index contributed by atoms with van der Waals surface area (Å²) in [6, 6.07) is 0. The minimum absolute atomic E-state index is 0. The van der Waals surface area contributed by atoms with Gasteiger partial charge in [0.1, 0.15) is 0 Å². The van der Waals surface area contributed by atoms with Gasteiger partial charge < -0.3 is 0 Å². The minimum Gasteiger partial charge on any atom is 0 e. The van der Waals surface area contributed by atoms with Crippen LogP contribution in [0.15, 0.2) is 0 Å². The van der Waals surface area contributed by atoms with Gasteiger partial charge in [0.05, 0.1) is 0 Å². The third-order valence-corrected chi connectivity index (χ3v) is 0. The third-order valence-electron chi connectivity index (χ3n) is 0. The van der Waals surface area contributed by atoms with Crippen molar-refractivity contribution in [3.05, 3.63) is 0 Å². The standard InChI is InChI=1S/2Al.Ge.Li. The van der Waals surface area contributed by atoms with Crippen molar-refractivity contribution in [1.82, 2.24) is 0 Å². The Morgan fingerprint density at radius 1 is 0.750 bits per heavy atom. The van der Waals surface area contributed by atoms with E-state index < -0.39 is 0 Å². The molecule has 0 N–H and O–H groups in total. The summed E-state index contributed by atoms with van der Waals surface area (Å²) in [5, 5.41) is 0. The Morgan fingerprint density at radius 2 is 0.750 bits per heavy atom. The first-order chi connectivity index (χ1) is 0. The third kappa shape index (κ3) is 8.88. The maximum Gasteiger partial charge on any atom is 0 e. The summed E-state index contributed by atoms with van der Waals surface area (Å²) < 4.78 is 0. The van der Waals surface area contributed by atoms with Gasteiger partial charge in [0.2, 0.25) is 0 Å². The van der Waals surface area contributed by atoms with E-state index >= 15 is 0 Å². The van der Waals surface area contributed by atoms with Crippen LogP contribution in [-0.2, 0) is 0 Å². The van der Waals surface area contributed by atoms with Crippen LogP contribution in [0.5, 0.6) is 0 Å². The minimum atomic E-state index is 0. The normalized spacial score (nSPS) is 0. The van der Waals surface area contributed by atoms with Gasteiger partial charge >= 0.3 is 0 Å². The van der Waals surface area contributed by atoms with Gasteiger partial charge in [-0.25, -0.2) is 0 Å². The van der Waals surface area contributed by atoms with Crippen molar-refractivity contribution in [1.29, 1.82) is 0 Å². The van der Waals surface area contributed by atoms with Crippen LogP contribution in [0.3, 0.4) is 0 Å². The maximum absolute atomic E-state index is 0. The Balaban J connectivity index is 0. The molecule has 0 fully saturated rings. The van der Waals surface area contributed by atoms with Crippen LogP contribution >= 0.6 is 0 Å². The molecule has 4 heavy (non-hydrogen) atoms. The molecule has 0 saturated heterocycles. The molecular formula is Al2GeLi. The summed E-state index contributed by atoms with van der Waals surface area (Å²) in [5.41, 5.74) is 0. The summed E-state index contributed by atoms with van der Waals surface area (Å²) in [4.78, 5) is 0. The Kier molecular flexibility index (Phi) is 164. The van der Waals surface area contributed by atoms with Crippen molar-refractivity contribution in [2.75, 3.05) is 0 Å². The summed E-state index contributed by atoms with van der Waals surface area (Å²) in [6.07, 6.45) is 0. The van der Waals surface area contributed by atoms with Gasteiger partial charge in [-0.05, 0) is 0 Å². The zero-order chi connectivity index (χ0) is 0. The fourth-order valence-corrected chi connectivity index (χ4v) is 0. The average Bonchev–Trinajstić information content (AvgIpc) is 0. The van der Waals surface area contributed by atoms with E-state index in [1.165, 1.54) is 0 Å². The van der Waals surface area contributed by atoms with Crippen molar-refractivity contribution in [3.63, 3.8) is 0 Å². The van der Waals surface area contributed by atoms with Crippen LogP contribution in [0.1, 0.15) is 0 Å². The van der Waals surface area contributed by atoms with Gasteiger partial charge in [0, 0.05) is 71.2 Å². The SMILES string of the molecule is [Al].[Al].[Ge].[Li]. The average molecular weight is 134 g/mol. The summed E-state index contributed by atoms with van der Waals surface area (Å²) in [5.74, 6) is 0. The predicted molar refractivity (Wildman–Crippen MR) is 23.0 cm³/mol. The molecule has 0 aliphatic rings. The van der Waals surface area contributed by atoms with Gasteiger partial charge in [0.15, 0.2) is 0 Å². The van der Waals surface area contributed by atoms with E-state index in [0.29, 0.717) is 0 Å². The Labute approximate surface area is 70.5 Å². The first-order valence-corrected chi connectivity index (χ1v) is 0. The molecule has 0 aliphatic heterocycles. The molecule has 0 spiro atoms. The van der Waals surface area contributed by atoms with Crippen LogP contribution in [0.2, 0.25) is 0 Å². The molecule has 4 heteroatoms. The summed E-state index contributed by atoms with van der Waals surface area (Å²) >= 11 is 0. The second-order valence-corrected chi connectivity index (χ2v) is 0. The fraction of sp³-hybridized carbons (Fsp3) is 0. The Bertz CT molecular complexity index is 6.00. The van der Waals surface area contributed by atoms with Crippen LogP contribution < -0.4 is 0 Å². The smallest absolute Gasteiger partial charge is 0 e. The molecule has 0 unspecified atom stereocenters. The van der Waals surface area contributed by atoms with Crippen LogP contribution in [-0.4, -0.2) is 71.2 Å². The maximum atomic E-state index is 0. The Morgan fingerprint density at radius 3 is 0.750 bits per heavy atom. The van der Waals surface area contributed by atoms with Crippen LogP contribution in [0, 0.1) is 0 Å². The largest absolute Gasteiger partial charge is 0 e. The van der Waals surface area contributed by atoms with Crippen molar-refractivity contribution in [2.45, 2.75) is 0 Å². The van der Waals surface area contributed by atoms with E-state index in [0.717, 1.165) is 0 Å². The topological polar surface area (TPSA) is 0 Å². The molecule has 0 heterocycles. The van der Waals surface area contributed by atoms with Crippen LogP contribution in [0.25, 0.3) is 0 Å². The van der Waals surface area contributed by atoms with Gasteiger partial charge in [-0.1, -0.05) is 0 Å². The fourth-order valence-electron chi connectivity index (χ4n) is 0. The summed E-state index contributed by atoms with van der Waals surface area (Å²) in [7, 11) is 0. The predicted octanol–water partition coefficient (Wildman–Crippen LogP) is -1.52. The molecule has 0 bridgehead atoms. The molecule has 0 nitrogen and oxygen atoms in total. The molecule has 0 aromatic heterocycles. The summed E-state index contributed by atoms with van der Waals surface area (Å²) in [6.45, 7) is 0. The zero-order valence-corrected chi connectivity index (χ0v) is 7.06. The molecule has 0 aromatic rings. The number of rotatable bonds is 0. The van der Waals surface area contributed by atoms with E-state index in [2.05, 4.69) is 0 Å². The second kappa shape index (κ2) is 18.9. The Hall–Kier alpha value is 2.21. The van der Waals surface area contributed by atoms with E-state index in [9.17, 15) is 0 Å². The van der Waals surface area contributed by atoms with Gasteiger partial charge in [0.25, 0.3) is 0 Å². The van der Waals surface area contributed by atoms with Crippen molar-refractivity contribution in [2.24, 2.45) is 0 Å². The van der Waals surface area contributed by atoms with Gasteiger partial charge in [-0.2, -0.15) is 0 Å². The van der Waals surface area contributed by atoms with Crippen molar-refractivity contribution >= 4 is 71.2 Å². The number of hydrogen-bond acceptors (Lipinski definition) is 0. The quantitative estimate of drug-likeness (QED) is 0.352. The molecule has 0 aromatic carbocycles. The molecule has 0 saturated carbocycles. The first-order valence-electron chi connectivity index (χ1n) is 0. The molecule has 11 valence electrons. The molecule has 0 rings (SSSR count). The van der Waals surface area contributed by atoms with Crippen molar-refractivity contribution < 1.29 is 0 Å². The molecular weight excluding hydrogens is 134 g/mol. The number of hydrogen-bond donors (Lipinski definition) is 0. The molecule has 0 amide bonds. The monoisotopic (exact) mass is 135 g/mol. The van der Waals surface area contributed by atoms with Gasteiger partial charge in [-0.3, -0.25) is 0 Å². The van der Waals surface area contributed by atoms with Crippen LogP contribution in [0.4, 0.5) is 0 Å². The van der Waals surface area contributed by atoms with Gasteiger partial charge in [-0.15, -0.1) is 0 Å². The zero-order valence-electron chi connectivity index (χ0n) is 2.65. The first kappa shape index (κ1) is 34.6. The van der Waals surface area contributed by atoms with E-state index in [4.69, 9.17) is 0 Å². The molecule has 11 radical (unpaired) electrons. The second-order valence-electron chi connectivity index (χ2n) is 0. The molecule has 0 aliphatic carbocycles. The van der Waals surface area contributed by atoms with E-state index in [-0.39, 0.29) is 71.2 Å².